The molecule has 0 fully saturated rings. The highest BCUT2D eigenvalue weighted by atomic mass is 31.2. The van der Waals surface area contributed by atoms with Crippen LogP contribution in [0.15, 0.2) is 85.1 Å². The van der Waals surface area contributed by atoms with Crippen molar-refractivity contribution in [1.29, 1.82) is 0 Å². The third kappa shape index (κ3) is 37.5. The van der Waals surface area contributed by atoms with Crippen LogP contribution >= 0.6 is 7.82 Å². The van der Waals surface area contributed by atoms with Crippen molar-refractivity contribution < 1.29 is 42.7 Å². The molecule has 0 bridgehead atoms. The van der Waals surface area contributed by atoms with Crippen molar-refractivity contribution in [1.82, 2.24) is 0 Å². The van der Waals surface area contributed by atoms with Gasteiger partial charge in [0.25, 0.3) is 0 Å². The highest BCUT2D eigenvalue weighted by molar-refractivity contribution is 7.47. The summed E-state index contributed by atoms with van der Waals surface area (Å²) >= 11 is 0. The lowest BCUT2D eigenvalue weighted by Crippen LogP contribution is -2.29. The number of allylic oxidation sites excluding steroid dienone is 13. The first-order valence-corrected chi connectivity index (χ1v) is 21.7. The van der Waals surface area contributed by atoms with E-state index in [0.29, 0.717) is 19.3 Å². The number of ether oxygens (including phenoxy) is 2. The third-order valence-corrected chi connectivity index (χ3v) is 8.85. The lowest BCUT2D eigenvalue weighted by molar-refractivity contribution is -0.161. The Hall–Kier alpha value is -2.85. The Kier molecular flexibility index (Phi) is 36.4. The Morgan fingerprint density at radius 2 is 1.26 bits per heavy atom. The summed E-state index contributed by atoms with van der Waals surface area (Å²) in [5, 5.41) is 9.88. The van der Waals surface area contributed by atoms with Crippen LogP contribution in [-0.4, -0.2) is 60.5 Å². The van der Waals surface area contributed by atoms with Gasteiger partial charge in [0.1, 0.15) is 6.61 Å². The van der Waals surface area contributed by atoms with E-state index in [1.54, 1.807) is 0 Å². The number of hydrogen-bond donors (Lipinski definition) is 3. The minimum absolute atomic E-state index is 0.0299. The second-order valence-electron chi connectivity index (χ2n) is 13.0. The van der Waals surface area contributed by atoms with E-state index < -0.39 is 32.5 Å². The fraction of sp³-hybridized carbons (Fsp3) is 0.628. The van der Waals surface area contributed by atoms with Crippen molar-refractivity contribution in [3.63, 3.8) is 0 Å². The molecule has 308 valence electrons. The standard InChI is InChI=1S/C43H72NO9P/c1-3-5-7-8-9-10-11-12-13-14-17-20-23-26-30-34-42(46)50-38-41(39-52-54(48,49)51-37-36-44)53-43(47)35-31-27-24-21-18-15-16-19-22-25-29-33-40(45)32-28-6-4-2/h5,7,9-10,12-13,15-16,21-22,24-25,29,33,40-41,45H,3-4,6,8,11,14,17-20,23,26-28,30-32,34-39,44H2,1-2H3,(H,48,49)/b7-5-,10-9-,13-12-,16-15-,24-21-,25-22-,33-29+/t40-,41+/m0/s1. The summed E-state index contributed by atoms with van der Waals surface area (Å²) in [5.74, 6) is -0.951. The van der Waals surface area contributed by atoms with Crippen LogP contribution in [0.4, 0.5) is 0 Å². The summed E-state index contributed by atoms with van der Waals surface area (Å²) in [6.07, 6.45) is 43.7. The van der Waals surface area contributed by atoms with Gasteiger partial charge in [-0.3, -0.25) is 18.6 Å². The van der Waals surface area contributed by atoms with E-state index in [4.69, 9.17) is 24.3 Å². The number of nitrogens with two attached hydrogens (primary N) is 1. The molecule has 11 heteroatoms. The highest BCUT2D eigenvalue weighted by Gasteiger charge is 2.25. The molecule has 4 N–H and O–H groups in total. The number of carbonyl (C=O) groups is 2. The SMILES string of the molecule is CC/C=C\C/C=C\C/C=C\CCCCCCCC(=O)OC[C@H](COP(=O)(O)OCCN)OC(=O)CCC/C=C\C/C=C\C/C=C\C=C\[C@@H](O)CCCCC. The number of esters is 2. The molecule has 3 atom stereocenters. The molecule has 0 aromatic rings. The molecule has 0 radical (unpaired) electrons. The maximum atomic E-state index is 12.5. The molecule has 0 heterocycles. The Bertz CT molecular complexity index is 1180. The largest absolute Gasteiger partial charge is 0.472 e. The van der Waals surface area contributed by atoms with E-state index in [2.05, 4.69) is 62.5 Å². The number of phosphoric ester groups is 1. The number of hydrogen-bond acceptors (Lipinski definition) is 9. The van der Waals surface area contributed by atoms with E-state index in [1.807, 2.05) is 36.5 Å². The highest BCUT2D eigenvalue weighted by Crippen LogP contribution is 2.43. The van der Waals surface area contributed by atoms with Crippen molar-refractivity contribution in [3.05, 3.63) is 85.1 Å². The summed E-state index contributed by atoms with van der Waals surface area (Å²) in [4.78, 5) is 34.8. The van der Waals surface area contributed by atoms with Crippen LogP contribution in [0.3, 0.4) is 0 Å². The van der Waals surface area contributed by atoms with Gasteiger partial charge in [0, 0.05) is 19.4 Å². The molecule has 0 aliphatic rings. The minimum atomic E-state index is -4.41. The van der Waals surface area contributed by atoms with Crippen LogP contribution in [0.5, 0.6) is 0 Å². The van der Waals surface area contributed by atoms with Crippen LogP contribution in [0.25, 0.3) is 0 Å². The number of rotatable bonds is 36. The summed E-state index contributed by atoms with van der Waals surface area (Å²) in [6, 6.07) is 0. The van der Waals surface area contributed by atoms with Gasteiger partial charge in [-0.05, 0) is 70.6 Å². The molecule has 54 heavy (non-hydrogen) atoms. The van der Waals surface area contributed by atoms with E-state index >= 15 is 0 Å². The second-order valence-corrected chi connectivity index (χ2v) is 14.4. The Morgan fingerprint density at radius 3 is 1.93 bits per heavy atom. The summed E-state index contributed by atoms with van der Waals surface area (Å²) < 4.78 is 32.6. The lowest BCUT2D eigenvalue weighted by atomic mass is 10.1. The van der Waals surface area contributed by atoms with Crippen molar-refractivity contribution in [2.75, 3.05) is 26.4 Å². The maximum absolute atomic E-state index is 12.5. The predicted molar refractivity (Wildman–Crippen MR) is 221 cm³/mol. The molecule has 1 unspecified atom stereocenters. The van der Waals surface area contributed by atoms with E-state index in [9.17, 15) is 24.2 Å². The smallest absolute Gasteiger partial charge is 0.462 e. The molecule has 0 aromatic carbocycles. The van der Waals surface area contributed by atoms with Crippen LogP contribution in [-0.2, 0) is 32.7 Å². The first kappa shape index (κ1) is 51.1. The van der Waals surface area contributed by atoms with Gasteiger partial charge in [0.2, 0.25) is 0 Å². The monoisotopic (exact) mass is 777 g/mol. The quantitative estimate of drug-likeness (QED) is 0.0184. The molecule has 0 aliphatic heterocycles. The van der Waals surface area contributed by atoms with Gasteiger partial charge in [-0.2, -0.15) is 0 Å². The van der Waals surface area contributed by atoms with Crippen molar-refractivity contribution in [3.8, 4) is 0 Å². The first-order chi connectivity index (χ1) is 26.2. The number of phosphoric acid groups is 1. The van der Waals surface area contributed by atoms with Gasteiger partial charge in [0.15, 0.2) is 6.10 Å². The van der Waals surface area contributed by atoms with Gasteiger partial charge < -0.3 is 25.2 Å². The molecule has 0 amide bonds. The van der Waals surface area contributed by atoms with Crippen LogP contribution in [0, 0.1) is 0 Å². The number of unbranched alkanes of at least 4 members (excludes halogenated alkanes) is 8. The molecule has 0 aromatic heterocycles. The van der Waals surface area contributed by atoms with E-state index in [1.165, 1.54) is 0 Å². The van der Waals surface area contributed by atoms with Crippen molar-refractivity contribution in [2.45, 2.75) is 148 Å². The molecule has 0 aliphatic carbocycles. The number of aliphatic hydroxyl groups is 1. The van der Waals surface area contributed by atoms with Crippen molar-refractivity contribution in [2.24, 2.45) is 5.73 Å². The van der Waals surface area contributed by atoms with Gasteiger partial charge in [-0.15, -0.1) is 0 Å². The summed E-state index contributed by atoms with van der Waals surface area (Å²) in [6.45, 7) is 3.36. The van der Waals surface area contributed by atoms with Crippen LogP contribution in [0.1, 0.15) is 136 Å². The zero-order valence-electron chi connectivity index (χ0n) is 33.3. The van der Waals surface area contributed by atoms with Gasteiger partial charge in [-0.1, -0.05) is 137 Å². The Morgan fingerprint density at radius 1 is 0.667 bits per heavy atom. The fourth-order valence-corrected chi connectivity index (χ4v) is 5.63. The van der Waals surface area contributed by atoms with Crippen LogP contribution < -0.4 is 5.73 Å². The predicted octanol–water partition coefficient (Wildman–Crippen LogP) is 10.2. The molecule has 0 saturated heterocycles. The van der Waals surface area contributed by atoms with Gasteiger partial charge in [0.05, 0.1) is 19.3 Å². The lowest BCUT2D eigenvalue weighted by Gasteiger charge is -2.19. The van der Waals surface area contributed by atoms with E-state index in [-0.39, 0.29) is 38.7 Å². The molecule has 0 rings (SSSR count). The third-order valence-electron chi connectivity index (χ3n) is 7.87. The summed E-state index contributed by atoms with van der Waals surface area (Å²) in [5.41, 5.74) is 5.33. The molecular formula is C43H72NO9P. The molecular weight excluding hydrogens is 705 g/mol. The summed E-state index contributed by atoms with van der Waals surface area (Å²) in [7, 11) is -4.41. The molecule has 0 saturated carbocycles. The normalized spacial score (nSPS) is 14.8. The minimum Gasteiger partial charge on any atom is -0.462 e. The second kappa shape index (κ2) is 38.4. The average Bonchev–Trinajstić information content (AvgIpc) is 3.15. The zero-order valence-corrected chi connectivity index (χ0v) is 34.2. The average molecular weight is 778 g/mol. The van der Waals surface area contributed by atoms with Gasteiger partial charge >= 0.3 is 19.8 Å². The number of carbonyl (C=O) groups excluding carboxylic acids is 2. The Labute approximate surface area is 326 Å². The first-order valence-electron chi connectivity index (χ1n) is 20.2. The van der Waals surface area contributed by atoms with Crippen LogP contribution in [0.2, 0.25) is 0 Å². The Balaban J connectivity index is 4.39. The fourth-order valence-electron chi connectivity index (χ4n) is 4.87. The molecule has 0 spiro atoms. The van der Waals surface area contributed by atoms with E-state index in [0.717, 1.165) is 89.9 Å². The topological polar surface area (TPSA) is 155 Å². The van der Waals surface area contributed by atoms with Crippen molar-refractivity contribution >= 4 is 19.8 Å². The zero-order chi connectivity index (χ0) is 39.8. The number of aliphatic hydroxyl groups excluding tert-OH is 1. The van der Waals surface area contributed by atoms with Gasteiger partial charge in [-0.25, -0.2) is 4.57 Å². The maximum Gasteiger partial charge on any atom is 0.472 e. The molecule has 10 nitrogen and oxygen atoms in total.